The Morgan fingerprint density at radius 3 is 2.78 bits per heavy atom. The van der Waals surface area contributed by atoms with Crippen LogP contribution in [0.3, 0.4) is 0 Å². The number of carbonyl (C=O) groups is 1. The van der Waals surface area contributed by atoms with Gasteiger partial charge in [0.05, 0.1) is 6.61 Å². The zero-order chi connectivity index (χ0) is 23.5. The zero-order valence-corrected chi connectivity index (χ0v) is 18.6. The number of hydrogen-bond acceptors (Lipinski definition) is 4. The molecule has 1 aliphatic rings. The number of rotatable bonds is 6. The van der Waals surface area contributed by atoms with Crippen LogP contribution in [0.2, 0.25) is 5.15 Å². The fourth-order valence-corrected chi connectivity index (χ4v) is 3.96. The van der Waals surface area contributed by atoms with Gasteiger partial charge in [-0.05, 0) is 67.1 Å². The molecule has 1 aromatic carbocycles. The molecule has 0 saturated carbocycles. The van der Waals surface area contributed by atoms with E-state index in [1.165, 1.54) is 4.90 Å². The number of aliphatic hydroxyl groups excluding tert-OH is 1. The smallest absolute Gasteiger partial charge is 0.389 e. The molecule has 3 N–H and O–H groups in total. The standard InChI is InChI=1S/C22H26ClF3N4O2/c1-13-3-4-17(28-21(32)30-6-5-15(11-30)10-22(24,25)26)9-18(13)16-7-19(23)29-20(8-16)27-14(2)12-31/h3-4,7-9,14-15,31H,5-6,10-12H2,1-2H3,(H,27,29)(H,28,32)/t14-,15?/m1/s1. The number of carbonyl (C=O) groups excluding carboxylic acids is 1. The van der Waals surface area contributed by atoms with E-state index in [9.17, 15) is 23.1 Å². The average molecular weight is 471 g/mol. The second-order valence-electron chi connectivity index (χ2n) is 8.17. The zero-order valence-electron chi connectivity index (χ0n) is 17.8. The summed E-state index contributed by atoms with van der Waals surface area (Å²) >= 11 is 6.18. The van der Waals surface area contributed by atoms with Crippen molar-refractivity contribution >= 4 is 29.1 Å². The molecule has 2 heterocycles. The van der Waals surface area contributed by atoms with Crippen molar-refractivity contribution in [3.8, 4) is 11.1 Å². The van der Waals surface area contributed by atoms with Crippen LogP contribution in [-0.4, -0.2) is 52.9 Å². The molecule has 2 amide bonds. The summed E-state index contributed by atoms with van der Waals surface area (Å²) < 4.78 is 37.9. The first-order valence-electron chi connectivity index (χ1n) is 10.3. The van der Waals surface area contributed by atoms with E-state index in [2.05, 4.69) is 15.6 Å². The molecule has 1 aliphatic heterocycles. The third-order valence-electron chi connectivity index (χ3n) is 5.36. The first-order valence-corrected chi connectivity index (χ1v) is 10.7. The number of amides is 2. The van der Waals surface area contributed by atoms with Crippen LogP contribution in [0.15, 0.2) is 30.3 Å². The molecule has 1 saturated heterocycles. The molecule has 10 heteroatoms. The lowest BCUT2D eigenvalue weighted by atomic mass is 10.0. The highest BCUT2D eigenvalue weighted by Gasteiger charge is 2.36. The minimum atomic E-state index is -4.22. The lowest BCUT2D eigenvalue weighted by Crippen LogP contribution is -2.33. The maximum Gasteiger partial charge on any atom is 0.389 e. The Kier molecular flexibility index (Phi) is 7.51. The Bertz CT molecular complexity index is 971. The van der Waals surface area contributed by atoms with E-state index in [0.717, 1.165) is 16.7 Å². The molecule has 0 bridgehead atoms. The van der Waals surface area contributed by atoms with Gasteiger partial charge < -0.3 is 20.6 Å². The van der Waals surface area contributed by atoms with Gasteiger partial charge in [0.2, 0.25) is 0 Å². The number of aromatic nitrogens is 1. The second kappa shape index (κ2) is 9.95. The lowest BCUT2D eigenvalue weighted by molar-refractivity contribution is -0.143. The molecule has 0 radical (unpaired) electrons. The fraction of sp³-hybridized carbons (Fsp3) is 0.455. The molecule has 0 spiro atoms. The number of benzene rings is 1. The fourth-order valence-electron chi connectivity index (χ4n) is 3.75. The Balaban J connectivity index is 1.75. The monoisotopic (exact) mass is 470 g/mol. The summed E-state index contributed by atoms with van der Waals surface area (Å²) in [6, 6.07) is 8.26. The van der Waals surface area contributed by atoms with Gasteiger partial charge in [-0.2, -0.15) is 13.2 Å². The van der Waals surface area contributed by atoms with Crippen LogP contribution >= 0.6 is 11.6 Å². The summed E-state index contributed by atoms with van der Waals surface area (Å²) in [6.45, 7) is 4.04. The maximum absolute atomic E-state index is 12.6. The SMILES string of the molecule is Cc1ccc(NC(=O)N2CCC(CC(F)(F)F)C2)cc1-c1cc(Cl)nc(N[C@H](C)CO)c1. The van der Waals surface area contributed by atoms with Gasteiger partial charge in [0.1, 0.15) is 11.0 Å². The van der Waals surface area contributed by atoms with E-state index < -0.39 is 24.5 Å². The number of aryl methyl sites for hydroxylation is 1. The largest absolute Gasteiger partial charge is 0.394 e. The number of alkyl halides is 3. The van der Waals surface area contributed by atoms with Crippen LogP contribution < -0.4 is 10.6 Å². The van der Waals surface area contributed by atoms with Gasteiger partial charge in [0.25, 0.3) is 0 Å². The number of hydrogen-bond donors (Lipinski definition) is 3. The molecular formula is C22H26ClF3N4O2. The van der Waals surface area contributed by atoms with E-state index in [1.807, 2.05) is 13.0 Å². The third-order valence-corrected chi connectivity index (χ3v) is 5.55. The van der Waals surface area contributed by atoms with Crippen LogP contribution in [0, 0.1) is 12.8 Å². The average Bonchev–Trinajstić information content (AvgIpc) is 3.15. The van der Waals surface area contributed by atoms with Crippen LogP contribution in [-0.2, 0) is 0 Å². The van der Waals surface area contributed by atoms with Crippen molar-refractivity contribution in [3.05, 3.63) is 41.0 Å². The van der Waals surface area contributed by atoms with Gasteiger partial charge in [0, 0.05) is 31.2 Å². The molecule has 0 aliphatic carbocycles. The van der Waals surface area contributed by atoms with E-state index in [0.29, 0.717) is 24.5 Å². The van der Waals surface area contributed by atoms with Crippen molar-refractivity contribution in [2.45, 2.75) is 38.9 Å². The quantitative estimate of drug-likeness (QED) is 0.500. The predicted molar refractivity (Wildman–Crippen MR) is 119 cm³/mol. The molecule has 1 unspecified atom stereocenters. The Morgan fingerprint density at radius 2 is 2.09 bits per heavy atom. The molecular weight excluding hydrogens is 445 g/mol. The van der Waals surface area contributed by atoms with Crippen molar-refractivity contribution < 1.29 is 23.1 Å². The number of likely N-dealkylation sites (tertiary alicyclic amines) is 1. The number of pyridine rings is 1. The van der Waals surface area contributed by atoms with E-state index >= 15 is 0 Å². The summed E-state index contributed by atoms with van der Waals surface area (Å²) in [4.78, 5) is 18.2. The van der Waals surface area contributed by atoms with Gasteiger partial charge in [0.15, 0.2) is 0 Å². The molecule has 174 valence electrons. The summed E-state index contributed by atoms with van der Waals surface area (Å²) in [5, 5.41) is 15.4. The Morgan fingerprint density at radius 1 is 1.34 bits per heavy atom. The molecule has 32 heavy (non-hydrogen) atoms. The number of aliphatic hydroxyl groups is 1. The molecule has 1 fully saturated rings. The molecule has 2 atom stereocenters. The van der Waals surface area contributed by atoms with Crippen molar-refractivity contribution in [1.82, 2.24) is 9.88 Å². The topological polar surface area (TPSA) is 77.5 Å². The number of urea groups is 1. The summed E-state index contributed by atoms with van der Waals surface area (Å²) in [5.41, 5.74) is 3.07. The minimum Gasteiger partial charge on any atom is -0.394 e. The molecule has 3 rings (SSSR count). The number of halogens is 4. The summed E-state index contributed by atoms with van der Waals surface area (Å²) in [6.07, 6.45) is -4.76. The molecule has 2 aromatic rings. The first kappa shape index (κ1) is 24.1. The van der Waals surface area contributed by atoms with E-state index in [1.54, 1.807) is 31.2 Å². The highest BCUT2D eigenvalue weighted by Crippen LogP contribution is 2.32. The predicted octanol–water partition coefficient (Wildman–Crippen LogP) is 5.31. The highest BCUT2D eigenvalue weighted by molar-refractivity contribution is 6.29. The number of anilines is 2. The molecule has 6 nitrogen and oxygen atoms in total. The van der Waals surface area contributed by atoms with Crippen LogP contribution in [0.1, 0.15) is 25.3 Å². The van der Waals surface area contributed by atoms with Gasteiger partial charge in [-0.1, -0.05) is 17.7 Å². The lowest BCUT2D eigenvalue weighted by Gasteiger charge is -2.19. The van der Waals surface area contributed by atoms with Gasteiger partial charge >= 0.3 is 12.2 Å². The van der Waals surface area contributed by atoms with Crippen molar-refractivity contribution in [2.75, 3.05) is 30.3 Å². The van der Waals surface area contributed by atoms with Crippen molar-refractivity contribution in [2.24, 2.45) is 5.92 Å². The van der Waals surface area contributed by atoms with Crippen LogP contribution in [0.25, 0.3) is 11.1 Å². The Hall–Kier alpha value is -2.52. The summed E-state index contributed by atoms with van der Waals surface area (Å²) in [5.74, 6) is -0.0591. The van der Waals surface area contributed by atoms with Gasteiger partial charge in [-0.3, -0.25) is 0 Å². The summed E-state index contributed by atoms with van der Waals surface area (Å²) in [7, 11) is 0. The minimum absolute atomic E-state index is 0.0651. The first-order chi connectivity index (χ1) is 15.0. The van der Waals surface area contributed by atoms with Gasteiger partial charge in [-0.15, -0.1) is 0 Å². The maximum atomic E-state index is 12.6. The van der Waals surface area contributed by atoms with E-state index in [-0.39, 0.29) is 24.3 Å². The van der Waals surface area contributed by atoms with E-state index in [4.69, 9.17) is 11.6 Å². The highest BCUT2D eigenvalue weighted by atomic mass is 35.5. The molecule has 1 aromatic heterocycles. The van der Waals surface area contributed by atoms with Crippen molar-refractivity contribution in [1.29, 1.82) is 0 Å². The third kappa shape index (κ3) is 6.49. The van der Waals surface area contributed by atoms with Gasteiger partial charge in [-0.25, -0.2) is 9.78 Å². The van der Waals surface area contributed by atoms with Crippen molar-refractivity contribution in [3.63, 3.8) is 0 Å². The Labute approximate surface area is 189 Å². The van der Waals surface area contributed by atoms with Crippen LogP contribution in [0.5, 0.6) is 0 Å². The second-order valence-corrected chi connectivity index (χ2v) is 8.56. The van der Waals surface area contributed by atoms with Crippen LogP contribution in [0.4, 0.5) is 29.5 Å². The number of nitrogens with one attached hydrogen (secondary N) is 2. The number of nitrogens with zero attached hydrogens (tertiary/aromatic N) is 2. The normalized spacial score (nSPS) is 17.3.